The van der Waals surface area contributed by atoms with Crippen LogP contribution in [0.1, 0.15) is 5.56 Å². The van der Waals surface area contributed by atoms with Crippen molar-refractivity contribution >= 4 is 32.7 Å². The zero-order valence-electron chi connectivity index (χ0n) is 12.3. The van der Waals surface area contributed by atoms with Gasteiger partial charge in [0.15, 0.2) is 0 Å². The van der Waals surface area contributed by atoms with Crippen LogP contribution in [0.2, 0.25) is 0 Å². The van der Waals surface area contributed by atoms with Crippen LogP contribution in [0.3, 0.4) is 0 Å². The maximum atomic E-state index is 12.4. The Morgan fingerprint density at radius 3 is 2.67 bits per heavy atom. The van der Waals surface area contributed by atoms with Gasteiger partial charge in [-0.1, -0.05) is 6.07 Å². The normalized spacial score (nSPS) is 11.4. The van der Waals surface area contributed by atoms with Gasteiger partial charge in [0, 0.05) is 26.3 Å². The van der Waals surface area contributed by atoms with Gasteiger partial charge in [-0.2, -0.15) is 0 Å². The Morgan fingerprint density at radius 2 is 2.00 bits per heavy atom. The minimum Gasteiger partial charge on any atom is -0.378 e. The topological polar surface area (TPSA) is 61.4 Å². The fourth-order valence-electron chi connectivity index (χ4n) is 1.84. The van der Waals surface area contributed by atoms with E-state index >= 15 is 0 Å². The highest BCUT2D eigenvalue weighted by Crippen LogP contribution is 2.24. The number of nitrogens with one attached hydrogen (secondary N) is 2. The molecule has 0 aliphatic carbocycles. The first kappa shape index (κ1) is 15.8. The average molecular weight is 325 g/mol. The van der Waals surface area contributed by atoms with Gasteiger partial charge in [0.1, 0.15) is 4.21 Å². The van der Waals surface area contributed by atoms with E-state index < -0.39 is 10.0 Å². The Morgan fingerprint density at radius 1 is 1.24 bits per heavy atom. The lowest BCUT2D eigenvalue weighted by Crippen LogP contribution is -2.13. The highest BCUT2D eigenvalue weighted by Gasteiger charge is 2.17. The van der Waals surface area contributed by atoms with E-state index in [1.54, 1.807) is 18.2 Å². The first-order valence-electron chi connectivity index (χ1n) is 6.44. The maximum absolute atomic E-state index is 12.4. The molecule has 0 fully saturated rings. The van der Waals surface area contributed by atoms with Crippen LogP contribution in [-0.2, 0) is 16.6 Å². The Hall–Kier alpha value is -1.57. The van der Waals surface area contributed by atoms with Gasteiger partial charge < -0.3 is 10.2 Å². The molecule has 21 heavy (non-hydrogen) atoms. The molecule has 7 heteroatoms. The van der Waals surface area contributed by atoms with Crippen molar-refractivity contribution in [2.45, 2.75) is 10.8 Å². The fourth-order valence-corrected chi connectivity index (χ4v) is 4.10. The summed E-state index contributed by atoms with van der Waals surface area (Å²) in [6, 6.07) is 8.99. The summed E-state index contributed by atoms with van der Waals surface area (Å²) in [7, 11) is 2.13. The summed E-state index contributed by atoms with van der Waals surface area (Å²) < 4.78 is 27.7. The second-order valence-corrected chi connectivity index (χ2v) is 7.68. The van der Waals surface area contributed by atoms with Crippen molar-refractivity contribution in [3.63, 3.8) is 0 Å². The van der Waals surface area contributed by atoms with E-state index in [-0.39, 0.29) is 0 Å². The van der Waals surface area contributed by atoms with Crippen molar-refractivity contribution in [1.82, 2.24) is 5.32 Å². The number of anilines is 2. The molecule has 1 heterocycles. The summed E-state index contributed by atoms with van der Waals surface area (Å²) in [5, 5.41) is 4.85. The number of thiophene rings is 1. The number of nitrogens with zero attached hydrogens (tertiary/aromatic N) is 1. The summed E-state index contributed by atoms with van der Waals surface area (Å²) in [5.41, 5.74) is 2.46. The van der Waals surface area contributed by atoms with Crippen LogP contribution < -0.4 is 14.9 Å². The Balaban J connectivity index is 2.22. The quantitative estimate of drug-likeness (QED) is 0.856. The minimum atomic E-state index is -3.53. The fraction of sp³-hybridized carbons (Fsp3) is 0.286. The van der Waals surface area contributed by atoms with Crippen LogP contribution in [0, 0.1) is 0 Å². The highest BCUT2D eigenvalue weighted by atomic mass is 32.2. The third kappa shape index (κ3) is 3.96. The molecule has 0 aliphatic heterocycles. The van der Waals surface area contributed by atoms with Crippen molar-refractivity contribution in [2.24, 2.45) is 0 Å². The number of hydrogen-bond acceptors (Lipinski definition) is 5. The van der Waals surface area contributed by atoms with Gasteiger partial charge in [-0.3, -0.25) is 4.72 Å². The number of benzene rings is 1. The molecule has 2 aromatic rings. The largest absolute Gasteiger partial charge is 0.378 e. The van der Waals surface area contributed by atoms with Crippen molar-refractivity contribution in [3.05, 3.63) is 41.3 Å². The third-order valence-corrected chi connectivity index (χ3v) is 5.76. The second kappa shape index (κ2) is 6.46. The van der Waals surface area contributed by atoms with Gasteiger partial charge in [-0.25, -0.2) is 8.42 Å². The van der Waals surface area contributed by atoms with Gasteiger partial charge in [0.2, 0.25) is 0 Å². The van der Waals surface area contributed by atoms with Crippen molar-refractivity contribution in [1.29, 1.82) is 0 Å². The Kier molecular flexibility index (Phi) is 4.87. The number of rotatable bonds is 6. The summed E-state index contributed by atoms with van der Waals surface area (Å²) >= 11 is 1.23. The van der Waals surface area contributed by atoms with Crippen LogP contribution in [0.25, 0.3) is 0 Å². The molecule has 2 N–H and O–H groups in total. The molecular formula is C14H19N3O2S2. The molecule has 0 bridgehead atoms. The van der Waals surface area contributed by atoms with Gasteiger partial charge in [0.25, 0.3) is 10.0 Å². The number of sulfonamides is 1. The lowest BCUT2D eigenvalue weighted by molar-refractivity contribution is 0.603. The standard InChI is InChI=1S/C14H19N3O2S2/c1-15-9-11-7-14(20-10-11)21(18,19)16-12-5-4-6-13(8-12)17(2)3/h4-8,10,15-16H,9H2,1-3H3. The Bertz CT molecular complexity index is 709. The molecule has 114 valence electrons. The molecule has 0 radical (unpaired) electrons. The number of hydrogen-bond donors (Lipinski definition) is 2. The zero-order chi connectivity index (χ0) is 15.5. The predicted octanol–water partition coefficient (Wildman–Crippen LogP) is 2.33. The summed E-state index contributed by atoms with van der Waals surface area (Å²) in [4.78, 5) is 1.92. The third-order valence-electron chi connectivity index (χ3n) is 2.89. The van der Waals surface area contributed by atoms with Crippen LogP contribution in [-0.4, -0.2) is 29.6 Å². The summed E-state index contributed by atoms with van der Waals surface area (Å²) in [6.07, 6.45) is 0. The monoisotopic (exact) mass is 325 g/mol. The van der Waals surface area contributed by atoms with Crippen molar-refractivity contribution < 1.29 is 8.42 Å². The van der Waals surface area contributed by atoms with E-state index in [4.69, 9.17) is 0 Å². The molecule has 0 saturated heterocycles. The van der Waals surface area contributed by atoms with Gasteiger partial charge in [-0.05, 0) is 42.3 Å². The van der Waals surface area contributed by atoms with E-state index in [1.165, 1.54) is 11.3 Å². The first-order chi connectivity index (χ1) is 9.92. The lowest BCUT2D eigenvalue weighted by Gasteiger charge is -2.14. The lowest BCUT2D eigenvalue weighted by atomic mass is 10.3. The second-order valence-electron chi connectivity index (χ2n) is 4.85. The molecule has 1 aromatic heterocycles. The SMILES string of the molecule is CNCc1csc(S(=O)(=O)Nc2cccc(N(C)C)c2)c1. The van der Waals surface area contributed by atoms with E-state index in [0.29, 0.717) is 16.4 Å². The van der Waals surface area contributed by atoms with Gasteiger partial charge in [0.05, 0.1) is 5.69 Å². The molecule has 0 unspecified atom stereocenters. The van der Waals surface area contributed by atoms with Crippen LogP contribution in [0.4, 0.5) is 11.4 Å². The smallest absolute Gasteiger partial charge is 0.271 e. The van der Waals surface area contributed by atoms with Crippen LogP contribution >= 0.6 is 11.3 Å². The molecule has 0 atom stereocenters. The molecule has 0 aliphatic rings. The molecule has 5 nitrogen and oxygen atoms in total. The molecule has 0 spiro atoms. The highest BCUT2D eigenvalue weighted by molar-refractivity contribution is 7.94. The van der Waals surface area contributed by atoms with E-state index in [0.717, 1.165) is 11.3 Å². The van der Waals surface area contributed by atoms with Crippen molar-refractivity contribution in [2.75, 3.05) is 30.8 Å². The van der Waals surface area contributed by atoms with Gasteiger partial charge >= 0.3 is 0 Å². The molecule has 0 amide bonds. The zero-order valence-corrected chi connectivity index (χ0v) is 13.9. The molecule has 2 rings (SSSR count). The minimum absolute atomic E-state index is 0.322. The van der Waals surface area contributed by atoms with E-state index in [2.05, 4.69) is 10.0 Å². The first-order valence-corrected chi connectivity index (χ1v) is 8.81. The summed E-state index contributed by atoms with van der Waals surface area (Å²) in [5.74, 6) is 0. The van der Waals surface area contributed by atoms with E-state index in [9.17, 15) is 8.42 Å². The molecular weight excluding hydrogens is 306 g/mol. The maximum Gasteiger partial charge on any atom is 0.271 e. The summed E-state index contributed by atoms with van der Waals surface area (Å²) in [6.45, 7) is 0.655. The average Bonchev–Trinajstić information content (AvgIpc) is 2.88. The molecule has 1 aromatic carbocycles. The van der Waals surface area contributed by atoms with Gasteiger partial charge in [-0.15, -0.1) is 11.3 Å². The molecule has 0 saturated carbocycles. The Labute approximate surface area is 129 Å². The van der Waals surface area contributed by atoms with Crippen molar-refractivity contribution in [3.8, 4) is 0 Å². The van der Waals surface area contributed by atoms with E-state index in [1.807, 2.05) is 43.6 Å². The predicted molar refractivity (Wildman–Crippen MR) is 88.7 cm³/mol. The van der Waals surface area contributed by atoms with Crippen LogP contribution in [0.5, 0.6) is 0 Å². The van der Waals surface area contributed by atoms with Crippen LogP contribution in [0.15, 0.2) is 39.9 Å².